The van der Waals surface area contributed by atoms with Gasteiger partial charge in [-0.2, -0.15) is 0 Å². The fourth-order valence-corrected chi connectivity index (χ4v) is 1.96. The first-order valence-electron chi connectivity index (χ1n) is 5.94. The Labute approximate surface area is 109 Å². The Balaban J connectivity index is 1.76. The lowest BCUT2D eigenvalue weighted by molar-refractivity contribution is -0.116. The van der Waals surface area contributed by atoms with Gasteiger partial charge in [0.2, 0.25) is 11.9 Å². The molecule has 0 aliphatic carbocycles. The first kappa shape index (κ1) is 11.4. The Kier molecular flexibility index (Phi) is 2.94. The van der Waals surface area contributed by atoms with Gasteiger partial charge in [0.1, 0.15) is 6.54 Å². The molecule has 3 rings (SSSR count). The van der Waals surface area contributed by atoms with E-state index in [-0.39, 0.29) is 12.5 Å². The second-order valence-corrected chi connectivity index (χ2v) is 4.12. The number of benzene rings is 1. The van der Waals surface area contributed by atoms with Crippen molar-refractivity contribution in [2.75, 3.05) is 5.32 Å². The number of nitrogens with one attached hydrogen (secondary N) is 1. The van der Waals surface area contributed by atoms with Crippen LogP contribution in [0.25, 0.3) is 10.9 Å². The highest BCUT2D eigenvalue weighted by Gasteiger charge is 2.07. The lowest BCUT2D eigenvalue weighted by atomic mass is 10.2. The number of aromatic nitrogens is 3. The Hall–Kier alpha value is -2.69. The minimum Gasteiger partial charge on any atom is -0.338 e. The van der Waals surface area contributed by atoms with Gasteiger partial charge in [0.15, 0.2) is 0 Å². The van der Waals surface area contributed by atoms with Crippen molar-refractivity contribution in [1.82, 2.24) is 14.5 Å². The van der Waals surface area contributed by atoms with Crippen molar-refractivity contribution >= 4 is 22.8 Å². The number of rotatable bonds is 3. The summed E-state index contributed by atoms with van der Waals surface area (Å²) in [4.78, 5) is 19.8. The molecule has 0 radical (unpaired) electrons. The van der Waals surface area contributed by atoms with E-state index < -0.39 is 0 Å². The van der Waals surface area contributed by atoms with Crippen molar-refractivity contribution < 1.29 is 4.79 Å². The van der Waals surface area contributed by atoms with Gasteiger partial charge < -0.3 is 4.57 Å². The SMILES string of the molecule is O=C(Cn1ccc2ccccc21)Nc1ncccn1. The first-order chi connectivity index (χ1) is 9.33. The fraction of sp³-hybridized carbons (Fsp3) is 0.0714. The molecule has 0 spiro atoms. The van der Waals surface area contributed by atoms with Crippen LogP contribution in [-0.4, -0.2) is 20.4 Å². The van der Waals surface area contributed by atoms with Crippen molar-refractivity contribution in [3.8, 4) is 0 Å². The van der Waals surface area contributed by atoms with E-state index in [4.69, 9.17) is 0 Å². The van der Waals surface area contributed by atoms with Crippen LogP contribution in [0.2, 0.25) is 0 Å². The molecule has 2 aromatic heterocycles. The zero-order chi connectivity index (χ0) is 13.1. The number of hydrogen-bond acceptors (Lipinski definition) is 3. The second kappa shape index (κ2) is 4.89. The fourth-order valence-electron chi connectivity index (χ4n) is 1.96. The van der Waals surface area contributed by atoms with E-state index in [1.165, 1.54) is 0 Å². The van der Waals surface area contributed by atoms with E-state index >= 15 is 0 Å². The van der Waals surface area contributed by atoms with Crippen LogP contribution in [0.5, 0.6) is 0 Å². The molecule has 19 heavy (non-hydrogen) atoms. The van der Waals surface area contributed by atoms with Crippen LogP contribution in [0.3, 0.4) is 0 Å². The third-order valence-corrected chi connectivity index (χ3v) is 2.81. The highest BCUT2D eigenvalue weighted by atomic mass is 16.2. The number of nitrogens with zero attached hydrogens (tertiary/aromatic N) is 3. The summed E-state index contributed by atoms with van der Waals surface area (Å²) in [5.74, 6) is 0.177. The van der Waals surface area contributed by atoms with Gasteiger partial charge in [-0.3, -0.25) is 10.1 Å². The van der Waals surface area contributed by atoms with Crippen LogP contribution in [0.4, 0.5) is 5.95 Å². The zero-order valence-corrected chi connectivity index (χ0v) is 10.2. The van der Waals surface area contributed by atoms with Crippen LogP contribution in [-0.2, 0) is 11.3 Å². The summed E-state index contributed by atoms with van der Waals surface area (Å²) in [6.45, 7) is 0.242. The van der Waals surface area contributed by atoms with Crippen LogP contribution in [0, 0.1) is 0 Å². The third-order valence-electron chi connectivity index (χ3n) is 2.81. The molecule has 0 aliphatic rings. The number of fused-ring (bicyclic) bond motifs is 1. The molecule has 0 unspecified atom stereocenters. The molecule has 3 aromatic rings. The highest BCUT2D eigenvalue weighted by Crippen LogP contribution is 2.14. The summed E-state index contributed by atoms with van der Waals surface area (Å²) in [5.41, 5.74) is 1.03. The number of carbonyl (C=O) groups excluding carboxylic acids is 1. The lowest BCUT2D eigenvalue weighted by Gasteiger charge is -2.05. The van der Waals surface area contributed by atoms with Crippen molar-refractivity contribution in [1.29, 1.82) is 0 Å². The number of amides is 1. The van der Waals surface area contributed by atoms with Crippen LogP contribution in [0.1, 0.15) is 0 Å². The third kappa shape index (κ3) is 2.44. The summed E-state index contributed by atoms with van der Waals surface area (Å²) < 4.78 is 1.90. The van der Waals surface area contributed by atoms with Crippen molar-refractivity contribution in [2.45, 2.75) is 6.54 Å². The maximum atomic E-state index is 11.9. The maximum absolute atomic E-state index is 11.9. The number of para-hydroxylation sites is 1. The molecular formula is C14H12N4O. The van der Waals surface area contributed by atoms with Gasteiger partial charge in [-0.15, -0.1) is 0 Å². The molecular weight excluding hydrogens is 240 g/mol. The Bertz CT molecular complexity index is 706. The Morgan fingerprint density at radius 2 is 1.89 bits per heavy atom. The van der Waals surface area contributed by atoms with Crippen molar-refractivity contribution in [2.24, 2.45) is 0 Å². The van der Waals surface area contributed by atoms with E-state index in [0.717, 1.165) is 10.9 Å². The van der Waals surface area contributed by atoms with E-state index in [1.807, 2.05) is 41.1 Å². The summed E-state index contributed by atoms with van der Waals surface area (Å²) in [6.07, 6.45) is 5.08. The van der Waals surface area contributed by atoms with Crippen molar-refractivity contribution in [3.05, 3.63) is 55.0 Å². The standard InChI is InChI=1S/C14H12N4O/c19-13(17-14-15-7-3-8-16-14)10-18-9-6-11-4-1-2-5-12(11)18/h1-9H,10H2,(H,15,16,17,19). The average molecular weight is 252 g/mol. The molecule has 2 heterocycles. The van der Waals surface area contributed by atoms with E-state index in [1.54, 1.807) is 18.5 Å². The molecule has 1 aromatic carbocycles. The van der Waals surface area contributed by atoms with Gasteiger partial charge in [0.05, 0.1) is 0 Å². The zero-order valence-electron chi connectivity index (χ0n) is 10.2. The molecule has 1 N–H and O–H groups in total. The largest absolute Gasteiger partial charge is 0.338 e. The van der Waals surface area contributed by atoms with E-state index in [0.29, 0.717) is 5.95 Å². The number of hydrogen-bond donors (Lipinski definition) is 1. The molecule has 5 heteroatoms. The molecule has 94 valence electrons. The highest BCUT2D eigenvalue weighted by molar-refractivity contribution is 5.90. The first-order valence-corrected chi connectivity index (χ1v) is 5.94. The second-order valence-electron chi connectivity index (χ2n) is 4.12. The molecule has 0 fully saturated rings. The minimum absolute atomic E-state index is 0.146. The quantitative estimate of drug-likeness (QED) is 0.776. The van der Waals surface area contributed by atoms with Gasteiger partial charge in [0, 0.05) is 24.1 Å². The lowest BCUT2D eigenvalue weighted by Crippen LogP contribution is -2.19. The normalized spacial score (nSPS) is 10.5. The maximum Gasteiger partial charge on any atom is 0.246 e. The summed E-state index contributed by atoms with van der Waals surface area (Å²) in [7, 11) is 0. The number of carbonyl (C=O) groups is 1. The molecule has 0 atom stereocenters. The topological polar surface area (TPSA) is 59.8 Å². The molecule has 5 nitrogen and oxygen atoms in total. The molecule has 1 amide bonds. The van der Waals surface area contributed by atoms with E-state index in [9.17, 15) is 4.79 Å². The van der Waals surface area contributed by atoms with E-state index in [2.05, 4.69) is 15.3 Å². The van der Waals surface area contributed by atoms with Gasteiger partial charge in [0.25, 0.3) is 0 Å². The molecule has 0 aliphatic heterocycles. The molecule has 0 bridgehead atoms. The molecule has 0 saturated heterocycles. The Morgan fingerprint density at radius 1 is 1.11 bits per heavy atom. The van der Waals surface area contributed by atoms with Crippen molar-refractivity contribution in [3.63, 3.8) is 0 Å². The minimum atomic E-state index is -0.146. The monoisotopic (exact) mass is 252 g/mol. The number of anilines is 1. The van der Waals surface area contributed by atoms with Crippen LogP contribution < -0.4 is 5.32 Å². The summed E-state index contributed by atoms with van der Waals surface area (Å²) in [5, 5.41) is 3.78. The van der Waals surface area contributed by atoms with Crippen LogP contribution >= 0.6 is 0 Å². The summed E-state index contributed by atoms with van der Waals surface area (Å²) >= 11 is 0. The van der Waals surface area contributed by atoms with Gasteiger partial charge in [-0.1, -0.05) is 18.2 Å². The summed E-state index contributed by atoms with van der Waals surface area (Å²) in [6, 6.07) is 11.6. The smallest absolute Gasteiger partial charge is 0.246 e. The van der Waals surface area contributed by atoms with Crippen LogP contribution in [0.15, 0.2) is 55.0 Å². The average Bonchev–Trinajstić information content (AvgIpc) is 2.83. The predicted molar refractivity (Wildman–Crippen MR) is 72.6 cm³/mol. The Morgan fingerprint density at radius 3 is 2.74 bits per heavy atom. The van der Waals surface area contributed by atoms with Gasteiger partial charge in [-0.25, -0.2) is 9.97 Å². The predicted octanol–water partition coefficient (Wildman–Crippen LogP) is 2.07. The van der Waals surface area contributed by atoms with Gasteiger partial charge in [-0.05, 0) is 23.6 Å². The molecule has 0 saturated carbocycles. The van der Waals surface area contributed by atoms with Gasteiger partial charge >= 0.3 is 0 Å².